The van der Waals surface area contributed by atoms with Crippen LogP contribution in [0.25, 0.3) is 0 Å². The van der Waals surface area contributed by atoms with Gasteiger partial charge in [0, 0.05) is 6.21 Å². The van der Waals surface area contributed by atoms with E-state index in [9.17, 15) is 0 Å². The Morgan fingerprint density at radius 3 is 2.53 bits per heavy atom. The van der Waals surface area contributed by atoms with Gasteiger partial charge in [0.2, 0.25) is 0 Å². The molecule has 1 N–H and O–H groups in total. The number of hydrogen-bond acceptors (Lipinski definition) is 1. The molecule has 0 amide bonds. The van der Waals surface area contributed by atoms with E-state index in [1.165, 1.54) is 11.8 Å². The van der Waals surface area contributed by atoms with Crippen molar-refractivity contribution in [2.24, 2.45) is 11.8 Å². The topological polar surface area (TPSA) is 23.9 Å². The molecular formula is C16H23N. The van der Waals surface area contributed by atoms with Crippen LogP contribution in [-0.2, 0) is 0 Å². The molecule has 0 bridgehead atoms. The highest BCUT2D eigenvalue weighted by Crippen LogP contribution is 2.19. The first-order valence-electron chi connectivity index (χ1n) is 6.31. The number of nitrogens with one attached hydrogen (secondary N) is 1. The van der Waals surface area contributed by atoms with Gasteiger partial charge >= 0.3 is 0 Å². The fourth-order valence-electron chi connectivity index (χ4n) is 1.63. The van der Waals surface area contributed by atoms with Crippen molar-refractivity contribution in [2.45, 2.75) is 34.1 Å². The van der Waals surface area contributed by atoms with Crippen LogP contribution in [0.2, 0.25) is 0 Å². The van der Waals surface area contributed by atoms with Crippen LogP contribution in [-0.4, -0.2) is 6.21 Å². The van der Waals surface area contributed by atoms with E-state index >= 15 is 0 Å². The van der Waals surface area contributed by atoms with E-state index < -0.39 is 0 Å². The summed E-state index contributed by atoms with van der Waals surface area (Å²) in [5, 5.41) is 7.46. The smallest absolute Gasteiger partial charge is 0.0256 e. The Morgan fingerprint density at radius 2 is 1.94 bits per heavy atom. The van der Waals surface area contributed by atoms with Crippen molar-refractivity contribution in [1.29, 1.82) is 5.41 Å². The van der Waals surface area contributed by atoms with Gasteiger partial charge in [0.1, 0.15) is 0 Å². The van der Waals surface area contributed by atoms with E-state index in [4.69, 9.17) is 5.41 Å². The predicted octanol–water partition coefficient (Wildman–Crippen LogP) is 4.69. The minimum atomic E-state index is 0.565. The molecule has 1 atom stereocenters. The van der Waals surface area contributed by atoms with Crippen molar-refractivity contribution >= 4 is 6.21 Å². The minimum absolute atomic E-state index is 0.565. The molecule has 0 fully saturated rings. The quantitative estimate of drug-likeness (QED) is 0.676. The first-order chi connectivity index (χ1) is 8.04. The van der Waals surface area contributed by atoms with E-state index in [2.05, 4.69) is 52.0 Å². The van der Waals surface area contributed by atoms with Crippen molar-refractivity contribution in [1.82, 2.24) is 0 Å². The molecule has 1 nitrogen and oxygen atoms in total. The van der Waals surface area contributed by atoms with Crippen molar-refractivity contribution in [3.8, 4) is 0 Å². The number of rotatable bonds is 4. The summed E-state index contributed by atoms with van der Waals surface area (Å²) in [6.07, 6.45) is 13.2. The van der Waals surface area contributed by atoms with Gasteiger partial charge in [-0.1, -0.05) is 56.7 Å². The van der Waals surface area contributed by atoms with E-state index in [1.807, 2.05) is 6.08 Å². The third-order valence-corrected chi connectivity index (χ3v) is 3.26. The van der Waals surface area contributed by atoms with Crippen LogP contribution in [0.4, 0.5) is 0 Å². The van der Waals surface area contributed by atoms with Gasteiger partial charge in [0.25, 0.3) is 0 Å². The van der Waals surface area contributed by atoms with E-state index in [1.54, 1.807) is 0 Å². The van der Waals surface area contributed by atoms with Crippen LogP contribution >= 0.6 is 0 Å². The SMILES string of the molecule is CC1=CC(/C=C\C(C)C(C)C)=C(C=N)C=CC1. The van der Waals surface area contributed by atoms with Gasteiger partial charge in [0.05, 0.1) is 0 Å². The molecule has 1 unspecified atom stereocenters. The average Bonchev–Trinajstić information content (AvgIpc) is 2.46. The highest BCUT2D eigenvalue weighted by Gasteiger charge is 2.04. The maximum Gasteiger partial charge on any atom is 0.0256 e. The lowest BCUT2D eigenvalue weighted by Crippen LogP contribution is -1.99. The molecule has 0 aromatic heterocycles. The maximum atomic E-state index is 7.46. The molecule has 1 aliphatic rings. The second-order valence-corrected chi connectivity index (χ2v) is 5.11. The van der Waals surface area contributed by atoms with Gasteiger partial charge in [-0.25, -0.2) is 0 Å². The molecule has 92 valence electrons. The summed E-state index contributed by atoms with van der Waals surface area (Å²) in [5.74, 6) is 1.22. The van der Waals surface area contributed by atoms with E-state index in [0.29, 0.717) is 11.8 Å². The molecule has 1 rings (SSSR count). The summed E-state index contributed by atoms with van der Waals surface area (Å²) in [7, 11) is 0. The molecule has 1 aliphatic carbocycles. The highest BCUT2D eigenvalue weighted by atomic mass is 14.3. The van der Waals surface area contributed by atoms with Crippen molar-refractivity contribution in [3.05, 3.63) is 47.1 Å². The zero-order valence-corrected chi connectivity index (χ0v) is 11.3. The Labute approximate surface area is 105 Å². The predicted molar refractivity (Wildman–Crippen MR) is 76.5 cm³/mol. The zero-order chi connectivity index (χ0) is 12.8. The lowest BCUT2D eigenvalue weighted by atomic mass is 9.96. The Bertz CT molecular complexity index is 392. The summed E-state index contributed by atoms with van der Waals surface area (Å²) in [5.41, 5.74) is 3.49. The summed E-state index contributed by atoms with van der Waals surface area (Å²) in [6, 6.07) is 0. The summed E-state index contributed by atoms with van der Waals surface area (Å²) >= 11 is 0. The van der Waals surface area contributed by atoms with Crippen LogP contribution in [0.3, 0.4) is 0 Å². The normalized spacial score (nSPS) is 18.5. The average molecular weight is 229 g/mol. The second-order valence-electron chi connectivity index (χ2n) is 5.11. The van der Waals surface area contributed by atoms with Gasteiger partial charge in [-0.05, 0) is 36.3 Å². The molecule has 0 aromatic carbocycles. The second kappa shape index (κ2) is 6.39. The molecule has 0 saturated heterocycles. The van der Waals surface area contributed by atoms with Crippen LogP contribution in [0, 0.1) is 17.2 Å². The van der Waals surface area contributed by atoms with Crippen LogP contribution in [0.5, 0.6) is 0 Å². The fourth-order valence-corrected chi connectivity index (χ4v) is 1.63. The standard InChI is InChI=1S/C16H23N/c1-12(2)14(4)8-9-15-10-13(3)6-5-7-16(15)11-17/h5,7-12,14,17H,6H2,1-4H3/b9-8-,17-11?. The Balaban J connectivity index is 2.99. The Hall–Kier alpha value is -1.37. The summed E-state index contributed by atoms with van der Waals surface area (Å²) in [4.78, 5) is 0. The molecule has 0 spiro atoms. The minimum Gasteiger partial charge on any atom is -0.308 e. The molecule has 17 heavy (non-hydrogen) atoms. The zero-order valence-electron chi connectivity index (χ0n) is 11.3. The monoisotopic (exact) mass is 229 g/mol. The summed E-state index contributed by atoms with van der Waals surface area (Å²) < 4.78 is 0. The number of hydrogen-bond donors (Lipinski definition) is 1. The molecule has 0 aromatic rings. The van der Waals surface area contributed by atoms with Gasteiger partial charge in [-0.2, -0.15) is 0 Å². The van der Waals surface area contributed by atoms with Crippen molar-refractivity contribution < 1.29 is 0 Å². The van der Waals surface area contributed by atoms with Crippen LogP contribution in [0.1, 0.15) is 34.1 Å². The molecule has 0 heterocycles. The van der Waals surface area contributed by atoms with E-state index in [-0.39, 0.29) is 0 Å². The van der Waals surface area contributed by atoms with Gasteiger partial charge in [-0.15, -0.1) is 0 Å². The highest BCUT2D eigenvalue weighted by molar-refractivity contribution is 5.83. The third-order valence-electron chi connectivity index (χ3n) is 3.26. The summed E-state index contributed by atoms with van der Waals surface area (Å²) in [6.45, 7) is 8.83. The fraction of sp³-hybridized carbons (Fsp3) is 0.438. The largest absolute Gasteiger partial charge is 0.308 e. The van der Waals surface area contributed by atoms with E-state index in [0.717, 1.165) is 17.6 Å². The first-order valence-corrected chi connectivity index (χ1v) is 6.31. The Kier molecular flexibility index (Phi) is 5.14. The van der Waals surface area contributed by atoms with Crippen LogP contribution in [0.15, 0.2) is 47.1 Å². The van der Waals surface area contributed by atoms with Crippen molar-refractivity contribution in [2.75, 3.05) is 0 Å². The van der Waals surface area contributed by atoms with Gasteiger partial charge < -0.3 is 5.41 Å². The molecule has 0 radical (unpaired) electrons. The maximum absolute atomic E-state index is 7.46. The molecule has 0 saturated carbocycles. The lowest BCUT2D eigenvalue weighted by molar-refractivity contribution is 0.504. The molecular weight excluding hydrogens is 206 g/mol. The third kappa shape index (κ3) is 4.18. The molecule has 1 heteroatoms. The lowest BCUT2D eigenvalue weighted by Gasteiger charge is -2.10. The molecule has 0 aliphatic heterocycles. The van der Waals surface area contributed by atoms with Gasteiger partial charge in [0.15, 0.2) is 0 Å². The first kappa shape index (κ1) is 13.7. The van der Waals surface area contributed by atoms with Crippen LogP contribution < -0.4 is 0 Å². The van der Waals surface area contributed by atoms with Gasteiger partial charge in [-0.3, -0.25) is 0 Å². The Morgan fingerprint density at radius 1 is 1.24 bits per heavy atom. The number of allylic oxidation sites excluding steroid dienone is 8. The van der Waals surface area contributed by atoms with Crippen molar-refractivity contribution in [3.63, 3.8) is 0 Å².